The highest BCUT2D eigenvalue weighted by Gasteiger charge is 2.30. The summed E-state index contributed by atoms with van der Waals surface area (Å²) in [6.45, 7) is 2.32. The second-order valence-corrected chi connectivity index (χ2v) is 4.33. The Morgan fingerprint density at radius 3 is 2.57 bits per heavy atom. The molecule has 0 saturated carbocycles. The van der Waals surface area contributed by atoms with Gasteiger partial charge in [-0.2, -0.15) is 13.2 Å². The smallest absolute Gasteiger partial charge is 0.417 e. The number of rotatable bonds is 4. The second-order valence-electron chi connectivity index (χ2n) is 4.33. The average Bonchev–Trinajstić information content (AvgIpc) is 2.46. The maximum Gasteiger partial charge on any atom is 0.417 e. The standard InChI is InChI=1S/C14H14F3N3O/c1-2-21-11-5-9(6-19-8-11)13(18)12-4-3-10(7-20-12)14(15,16)17/h3-8,13H,2,18H2,1H3. The van der Waals surface area contributed by atoms with Crippen LogP contribution in [0.15, 0.2) is 36.8 Å². The summed E-state index contributed by atoms with van der Waals surface area (Å²) >= 11 is 0. The van der Waals surface area contributed by atoms with Crippen molar-refractivity contribution in [2.45, 2.75) is 19.1 Å². The van der Waals surface area contributed by atoms with Crippen molar-refractivity contribution in [2.24, 2.45) is 5.73 Å². The van der Waals surface area contributed by atoms with Gasteiger partial charge in [0, 0.05) is 12.4 Å². The summed E-state index contributed by atoms with van der Waals surface area (Å²) in [4.78, 5) is 7.78. The summed E-state index contributed by atoms with van der Waals surface area (Å²) < 4.78 is 42.8. The highest BCUT2D eigenvalue weighted by molar-refractivity contribution is 5.31. The average molecular weight is 297 g/mol. The van der Waals surface area contributed by atoms with E-state index in [9.17, 15) is 13.2 Å². The SMILES string of the molecule is CCOc1cncc(C(N)c2ccc(C(F)(F)F)cn2)c1. The van der Waals surface area contributed by atoms with E-state index in [0.717, 1.165) is 12.3 Å². The lowest BCUT2D eigenvalue weighted by atomic mass is 10.1. The van der Waals surface area contributed by atoms with E-state index < -0.39 is 17.8 Å². The van der Waals surface area contributed by atoms with E-state index in [1.165, 1.54) is 12.3 Å². The molecular weight excluding hydrogens is 283 g/mol. The van der Waals surface area contributed by atoms with Crippen LogP contribution in [-0.4, -0.2) is 16.6 Å². The molecule has 0 aliphatic heterocycles. The van der Waals surface area contributed by atoms with Gasteiger partial charge >= 0.3 is 6.18 Å². The Kier molecular flexibility index (Phi) is 4.42. The van der Waals surface area contributed by atoms with Crippen molar-refractivity contribution in [1.82, 2.24) is 9.97 Å². The molecule has 0 radical (unpaired) electrons. The normalized spacial score (nSPS) is 13.0. The zero-order chi connectivity index (χ0) is 15.5. The summed E-state index contributed by atoms with van der Waals surface area (Å²) in [6.07, 6.45) is -0.562. The van der Waals surface area contributed by atoms with Crippen LogP contribution in [0.4, 0.5) is 13.2 Å². The number of hydrogen-bond acceptors (Lipinski definition) is 4. The minimum absolute atomic E-state index is 0.332. The van der Waals surface area contributed by atoms with Crippen molar-refractivity contribution in [3.05, 3.63) is 53.6 Å². The number of halogens is 3. The topological polar surface area (TPSA) is 61.0 Å². The number of alkyl halides is 3. The number of aromatic nitrogens is 2. The Balaban J connectivity index is 2.23. The summed E-state index contributed by atoms with van der Waals surface area (Å²) in [5.74, 6) is 0.553. The Hall–Kier alpha value is -2.15. The minimum atomic E-state index is -4.41. The third-order valence-corrected chi connectivity index (χ3v) is 2.84. The predicted molar refractivity (Wildman–Crippen MR) is 70.7 cm³/mol. The Labute approximate surface area is 119 Å². The van der Waals surface area contributed by atoms with Gasteiger partial charge in [0.1, 0.15) is 5.75 Å². The van der Waals surface area contributed by atoms with E-state index in [1.807, 2.05) is 6.92 Å². The van der Waals surface area contributed by atoms with Gasteiger partial charge in [0.15, 0.2) is 0 Å². The van der Waals surface area contributed by atoms with Crippen LogP contribution in [0.1, 0.15) is 29.8 Å². The Bertz CT molecular complexity index is 599. The summed E-state index contributed by atoms with van der Waals surface area (Å²) in [6, 6.07) is 3.25. The molecule has 1 atom stereocenters. The van der Waals surface area contributed by atoms with Crippen molar-refractivity contribution < 1.29 is 17.9 Å². The van der Waals surface area contributed by atoms with Gasteiger partial charge in [-0.1, -0.05) is 0 Å². The molecule has 0 bridgehead atoms. The van der Waals surface area contributed by atoms with Gasteiger partial charge in [0.25, 0.3) is 0 Å². The molecule has 0 amide bonds. The molecule has 7 heteroatoms. The molecule has 0 aliphatic carbocycles. The lowest BCUT2D eigenvalue weighted by Gasteiger charge is -2.13. The minimum Gasteiger partial charge on any atom is -0.492 e. The molecule has 0 saturated heterocycles. The van der Waals surface area contributed by atoms with Crippen LogP contribution < -0.4 is 10.5 Å². The number of ether oxygens (including phenoxy) is 1. The molecule has 2 N–H and O–H groups in total. The first kappa shape index (κ1) is 15.2. The van der Waals surface area contributed by atoms with E-state index in [2.05, 4.69) is 9.97 Å². The van der Waals surface area contributed by atoms with Crippen LogP contribution >= 0.6 is 0 Å². The van der Waals surface area contributed by atoms with Gasteiger partial charge in [0.2, 0.25) is 0 Å². The molecule has 0 spiro atoms. The summed E-state index contributed by atoms with van der Waals surface area (Å²) in [7, 11) is 0. The number of nitrogens with zero attached hydrogens (tertiary/aromatic N) is 2. The number of nitrogens with two attached hydrogens (primary N) is 1. The molecule has 0 fully saturated rings. The fourth-order valence-electron chi connectivity index (χ4n) is 1.78. The van der Waals surface area contributed by atoms with Crippen molar-refractivity contribution >= 4 is 0 Å². The first-order chi connectivity index (χ1) is 9.91. The van der Waals surface area contributed by atoms with Crippen molar-refractivity contribution in [1.29, 1.82) is 0 Å². The zero-order valence-corrected chi connectivity index (χ0v) is 11.3. The van der Waals surface area contributed by atoms with E-state index in [0.29, 0.717) is 23.6 Å². The van der Waals surface area contributed by atoms with Gasteiger partial charge in [-0.3, -0.25) is 9.97 Å². The number of hydrogen-bond donors (Lipinski definition) is 1. The molecule has 2 aromatic heterocycles. The monoisotopic (exact) mass is 297 g/mol. The third kappa shape index (κ3) is 3.69. The Morgan fingerprint density at radius 2 is 2.00 bits per heavy atom. The van der Waals surface area contributed by atoms with Crippen molar-refractivity contribution in [2.75, 3.05) is 6.61 Å². The quantitative estimate of drug-likeness (QED) is 0.942. The molecule has 2 rings (SSSR count). The Morgan fingerprint density at radius 1 is 1.24 bits per heavy atom. The van der Waals surface area contributed by atoms with Gasteiger partial charge in [0.05, 0.1) is 30.1 Å². The van der Waals surface area contributed by atoms with E-state index in [1.54, 1.807) is 12.3 Å². The second kappa shape index (κ2) is 6.09. The van der Waals surface area contributed by atoms with Crippen LogP contribution in [-0.2, 0) is 6.18 Å². The van der Waals surface area contributed by atoms with Crippen molar-refractivity contribution in [3.63, 3.8) is 0 Å². The molecule has 21 heavy (non-hydrogen) atoms. The van der Waals surface area contributed by atoms with Crippen LogP contribution in [0, 0.1) is 0 Å². The first-order valence-corrected chi connectivity index (χ1v) is 6.28. The van der Waals surface area contributed by atoms with Gasteiger partial charge in [-0.15, -0.1) is 0 Å². The highest BCUT2D eigenvalue weighted by Crippen LogP contribution is 2.29. The van der Waals surface area contributed by atoms with Crippen LogP contribution in [0.25, 0.3) is 0 Å². The third-order valence-electron chi connectivity index (χ3n) is 2.84. The predicted octanol–water partition coefficient (Wildman–Crippen LogP) is 2.94. The van der Waals surface area contributed by atoms with Crippen LogP contribution in [0.5, 0.6) is 5.75 Å². The van der Waals surface area contributed by atoms with Crippen LogP contribution in [0.3, 0.4) is 0 Å². The summed E-state index contributed by atoms with van der Waals surface area (Å²) in [5.41, 5.74) is 6.15. The van der Waals surface area contributed by atoms with E-state index in [-0.39, 0.29) is 0 Å². The number of pyridine rings is 2. The molecule has 2 aromatic rings. The largest absolute Gasteiger partial charge is 0.492 e. The van der Waals surface area contributed by atoms with Crippen LogP contribution in [0.2, 0.25) is 0 Å². The maximum absolute atomic E-state index is 12.5. The molecule has 0 aromatic carbocycles. The molecule has 112 valence electrons. The lowest BCUT2D eigenvalue weighted by Crippen LogP contribution is -2.15. The maximum atomic E-state index is 12.5. The molecular formula is C14H14F3N3O. The summed E-state index contributed by atoms with van der Waals surface area (Å²) in [5, 5.41) is 0. The highest BCUT2D eigenvalue weighted by atomic mass is 19.4. The fourth-order valence-corrected chi connectivity index (χ4v) is 1.78. The molecule has 4 nitrogen and oxygen atoms in total. The first-order valence-electron chi connectivity index (χ1n) is 6.28. The van der Waals surface area contributed by atoms with E-state index >= 15 is 0 Å². The fraction of sp³-hybridized carbons (Fsp3) is 0.286. The van der Waals surface area contributed by atoms with Crippen molar-refractivity contribution in [3.8, 4) is 5.75 Å². The van der Waals surface area contributed by atoms with Gasteiger partial charge in [-0.25, -0.2) is 0 Å². The molecule has 2 heterocycles. The van der Waals surface area contributed by atoms with E-state index in [4.69, 9.17) is 10.5 Å². The lowest BCUT2D eigenvalue weighted by molar-refractivity contribution is -0.137. The van der Waals surface area contributed by atoms with Gasteiger partial charge in [-0.05, 0) is 30.7 Å². The molecule has 1 unspecified atom stereocenters. The molecule has 0 aliphatic rings. The van der Waals surface area contributed by atoms with Gasteiger partial charge < -0.3 is 10.5 Å². The zero-order valence-electron chi connectivity index (χ0n) is 11.3.